The minimum absolute atomic E-state index is 0. The van der Waals surface area contributed by atoms with Crippen molar-refractivity contribution >= 4 is 37.2 Å². The first-order valence-electron chi connectivity index (χ1n) is 4.73. The van der Waals surface area contributed by atoms with Gasteiger partial charge in [-0.05, 0) is 31.1 Å². The Kier molecular flexibility index (Phi) is 10.3. The van der Waals surface area contributed by atoms with Crippen LogP contribution < -0.4 is 11.1 Å². The quantitative estimate of drug-likeness (QED) is 0.868. The third-order valence-electron chi connectivity index (χ3n) is 2.71. The minimum Gasteiger partial charge on any atom is -0.330 e. The SMILES string of the molecule is Cl.Cl.Cl.NCC1CNCC1c1ccccn1. The van der Waals surface area contributed by atoms with Gasteiger partial charge in [-0.1, -0.05) is 6.07 Å². The number of pyridine rings is 1. The lowest BCUT2D eigenvalue weighted by atomic mass is 9.93. The third kappa shape index (κ3) is 4.07. The summed E-state index contributed by atoms with van der Waals surface area (Å²) in [4.78, 5) is 4.36. The van der Waals surface area contributed by atoms with Crippen molar-refractivity contribution < 1.29 is 0 Å². The monoisotopic (exact) mass is 285 g/mol. The van der Waals surface area contributed by atoms with E-state index < -0.39 is 0 Å². The molecule has 0 radical (unpaired) electrons. The average Bonchev–Trinajstić information content (AvgIpc) is 2.67. The second-order valence-electron chi connectivity index (χ2n) is 3.52. The van der Waals surface area contributed by atoms with E-state index in [0.29, 0.717) is 11.8 Å². The number of aromatic nitrogens is 1. The molecule has 0 aromatic carbocycles. The molecule has 0 bridgehead atoms. The lowest BCUT2D eigenvalue weighted by Crippen LogP contribution is -2.21. The van der Waals surface area contributed by atoms with Crippen LogP contribution in [0.15, 0.2) is 24.4 Å². The lowest BCUT2D eigenvalue weighted by Gasteiger charge is -2.15. The van der Waals surface area contributed by atoms with Crippen LogP contribution in [0.2, 0.25) is 0 Å². The van der Waals surface area contributed by atoms with Crippen molar-refractivity contribution in [3.05, 3.63) is 30.1 Å². The maximum atomic E-state index is 5.69. The number of rotatable bonds is 2. The van der Waals surface area contributed by atoms with Crippen molar-refractivity contribution in [3.8, 4) is 0 Å². The highest BCUT2D eigenvalue weighted by Crippen LogP contribution is 2.25. The largest absolute Gasteiger partial charge is 0.330 e. The minimum atomic E-state index is 0. The first-order valence-corrected chi connectivity index (χ1v) is 4.73. The highest BCUT2D eigenvalue weighted by atomic mass is 35.5. The van der Waals surface area contributed by atoms with Crippen LogP contribution in [-0.4, -0.2) is 24.6 Å². The fourth-order valence-corrected chi connectivity index (χ4v) is 1.92. The highest BCUT2D eigenvalue weighted by molar-refractivity contribution is 5.86. The summed E-state index contributed by atoms with van der Waals surface area (Å²) in [6.07, 6.45) is 1.85. The van der Waals surface area contributed by atoms with Gasteiger partial charge in [0.15, 0.2) is 0 Å². The molecule has 1 saturated heterocycles. The Morgan fingerprint density at radius 1 is 1.25 bits per heavy atom. The van der Waals surface area contributed by atoms with E-state index in [-0.39, 0.29) is 37.2 Å². The van der Waals surface area contributed by atoms with Crippen molar-refractivity contribution in [1.29, 1.82) is 0 Å². The molecule has 1 fully saturated rings. The molecule has 3 N–H and O–H groups in total. The predicted octanol–water partition coefficient (Wildman–Crippen LogP) is 1.61. The first kappa shape index (κ1) is 18.3. The summed E-state index contributed by atoms with van der Waals surface area (Å²) in [5.74, 6) is 1.06. The molecule has 0 aliphatic carbocycles. The molecule has 94 valence electrons. The van der Waals surface area contributed by atoms with Crippen molar-refractivity contribution in [2.75, 3.05) is 19.6 Å². The van der Waals surface area contributed by atoms with E-state index in [4.69, 9.17) is 5.73 Å². The fraction of sp³-hybridized carbons (Fsp3) is 0.500. The zero-order valence-electron chi connectivity index (χ0n) is 8.83. The topological polar surface area (TPSA) is 50.9 Å². The number of hydrogen-bond donors (Lipinski definition) is 2. The molecule has 2 heterocycles. The number of nitrogens with two attached hydrogens (primary N) is 1. The zero-order chi connectivity index (χ0) is 9.10. The van der Waals surface area contributed by atoms with E-state index in [1.807, 2.05) is 18.3 Å². The molecule has 1 aliphatic heterocycles. The van der Waals surface area contributed by atoms with Gasteiger partial charge in [-0.15, -0.1) is 37.2 Å². The maximum Gasteiger partial charge on any atom is 0.0450 e. The molecular weight excluding hydrogens is 268 g/mol. The smallest absolute Gasteiger partial charge is 0.0450 e. The molecule has 2 rings (SSSR count). The molecule has 6 heteroatoms. The van der Waals surface area contributed by atoms with Gasteiger partial charge in [-0.3, -0.25) is 4.98 Å². The van der Waals surface area contributed by atoms with Crippen LogP contribution in [0.1, 0.15) is 11.6 Å². The van der Waals surface area contributed by atoms with Gasteiger partial charge in [-0.2, -0.15) is 0 Å². The second-order valence-corrected chi connectivity index (χ2v) is 3.52. The van der Waals surface area contributed by atoms with Gasteiger partial charge in [0.2, 0.25) is 0 Å². The van der Waals surface area contributed by atoms with Crippen molar-refractivity contribution in [3.63, 3.8) is 0 Å². The van der Waals surface area contributed by atoms with Gasteiger partial charge in [0.25, 0.3) is 0 Å². The molecule has 1 aliphatic rings. The standard InChI is InChI=1S/C10H15N3.3ClH/c11-5-8-6-12-7-9(8)10-3-1-2-4-13-10;;;/h1-4,8-9,12H,5-7,11H2;3*1H. The molecule has 0 amide bonds. The molecule has 2 unspecified atom stereocenters. The maximum absolute atomic E-state index is 5.69. The molecule has 1 aromatic rings. The van der Waals surface area contributed by atoms with E-state index >= 15 is 0 Å². The molecule has 0 saturated carbocycles. The van der Waals surface area contributed by atoms with Crippen LogP contribution in [-0.2, 0) is 0 Å². The molecule has 2 atom stereocenters. The summed E-state index contributed by atoms with van der Waals surface area (Å²) in [5, 5.41) is 3.35. The van der Waals surface area contributed by atoms with Crippen molar-refractivity contribution in [2.24, 2.45) is 11.7 Å². The van der Waals surface area contributed by atoms with Gasteiger partial charge in [-0.25, -0.2) is 0 Å². The van der Waals surface area contributed by atoms with Gasteiger partial charge >= 0.3 is 0 Å². The van der Waals surface area contributed by atoms with E-state index in [1.54, 1.807) is 0 Å². The van der Waals surface area contributed by atoms with Crippen LogP contribution >= 0.6 is 37.2 Å². The molecule has 1 aromatic heterocycles. The van der Waals surface area contributed by atoms with Gasteiger partial charge in [0, 0.05) is 24.4 Å². The molecule has 16 heavy (non-hydrogen) atoms. The zero-order valence-corrected chi connectivity index (χ0v) is 11.3. The van der Waals surface area contributed by atoms with E-state index in [0.717, 1.165) is 19.6 Å². The Hall–Kier alpha value is -0.0600. The normalized spacial score (nSPS) is 22.6. The third-order valence-corrected chi connectivity index (χ3v) is 2.71. The van der Waals surface area contributed by atoms with E-state index in [1.165, 1.54) is 5.69 Å². The Labute approximate surface area is 115 Å². The number of hydrogen-bond acceptors (Lipinski definition) is 3. The Bertz CT molecular complexity index is 271. The summed E-state index contributed by atoms with van der Waals surface area (Å²) in [7, 11) is 0. The summed E-state index contributed by atoms with van der Waals surface area (Å²) in [6, 6.07) is 6.07. The summed E-state index contributed by atoms with van der Waals surface area (Å²) in [6.45, 7) is 2.78. The van der Waals surface area contributed by atoms with Crippen LogP contribution in [0, 0.1) is 5.92 Å². The first-order chi connectivity index (χ1) is 6.42. The Morgan fingerprint density at radius 3 is 2.56 bits per heavy atom. The van der Waals surface area contributed by atoms with Crippen LogP contribution in [0.5, 0.6) is 0 Å². The van der Waals surface area contributed by atoms with Gasteiger partial charge < -0.3 is 11.1 Å². The molecule has 0 spiro atoms. The van der Waals surface area contributed by atoms with E-state index in [9.17, 15) is 0 Å². The van der Waals surface area contributed by atoms with Crippen molar-refractivity contribution in [2.45, 2.75) is 5.92 Å². The van der Waals surface area contributed by atoms with Crippen LogP contribution in [0.25, 0.3) is 0 Å². The Morgan fingerprint density at radius 2 is 2.00 bits per heavy atom. The average molecular weight is 287 g/mol. The number of nitrogens with zero attached hydrogens (tertiary/aromatic N) is 1. The number of nitrogens with one attached hydrogen (secondary N) is 1. The predicted molar refractivity (Wildman–Crippen MR) is 74.1 cm³/mol. The summed E-state index contributed by atoms with van der Waals surface area (Å²) >= 11 is 0. The fourth-order valence-electron chi connectivity index (χ4n) is 1.92. The van der Waals surface area contributed by atoms with Crippen LogP contribution in [0.4, 0.5) is 0 Å². The summed E-state index contributed by atoms with van der Waals surface area (Å²) in [5.41, 5.74) is 6.86. The molecule has 3 nitrogen and oxygen atoms in total. The van der Waals surface area contributed by atoms with Crippen LogP contribution in [0.3, 0.4) is 0 Å². The van der Waals surface area contributed by atoms with Gasteiger partial charge in [0.05, 0.1) is 0 Å². The Balaban J connectivity index is 0. The van der Waals surface area contributed by atoms with E-state index in [2.05, 4.69) is 16.4 Å². The number of halogens is 3. The summed E-state index contributed by atoms with van der Waals surface area (Å²) < 4.78 is 0. The van der Waals surface area contributed by atoms with Crippen molar-refractivity contribution in [1.82, 2.24) is 10.3 Å². The highest BCUT2D eigenvalue weighted by Gasteiger charge is 2.27. The van der Waals surface area contributed by atoms with Gasteiger partial charge in [0.1, 0.15) is 0 Å². The molecular formula is C10H18Cl3N3. The lowest BCUT2D eigenvalue weighted by molar-refractivity contribution is 0.521. The second kappa shape index (κ2) is 9.02.